The molecule has 0 saturated carbocycles. The Balaban J connectivity index is 2.30. The molecule has 1 unspecified atom stereocenters. The van der Waals surface area contributed by atoms with E-state index in [1.807, 2.05) is 0 Å². The summed E-state index contributed by atoms with van der Waals surface area (Å²) in [5.74, 6) is -1.00. The molecular formula is C20H22ClNO5S. The van der Waals surface area contributed by atoms with Crippen LogP contribution in [-0.4, -0.2) is 32.7 Å². The maximum atomic E-state index is 12.7. The molecule has 1 N–H and O–H groups in total. The number of carbonyl (C=O) groups excluding carboxylic acids is 2. The van der Waals surface area contributed by atoms with E-state index in [9.17, 15) is 18.0 Å². The Labute approximate surface area is 169 Å². The molecule has 0 bridgehead atoms. The molecule has 0 spiro atoms. The SMILES string of the molecule is CC(C)OC(=O)CC(NC(=O)c1cccc(S(C)(=O)=O)c1)c1ccccc1Cl. The standard InChI is InChI=1S/C20H22ClNO5S/c1-13(2)27-19(23)12-18(16-9-4-5-10-17(16)21)22-20(24)14-7-6-8-15(11-14)28(3,25)26/h4-11,13,18H,12H2,1-3H3,(H,22,24). The van der Waals surface area contributed by atoms with Crippen molar-refractivity contribution < 1.29 is 22.7 Å². The van der Waals surface area contributed by atoms with Gasteiger partial charge in [-0.05, 0) is 43.7 Å². The summed E-state index contributed by atoms with van der Waals surface area (Å²) in [6.07, 6.45) is 0.666. The molecule has 2 aromatic carbocycles. The molecular weight excluding hydrogens is 402 g/mol. The zero-order valence-corrected chi connectivity index (χ0v) is 17.4. The Morgan fingerprint density at radius 2 is 1.79 bits per heavy atom. The fourth-order valence-electron chi connectivity index (χ4n) is 2.58. The number of hydrogen-bond acceptors (Lipinski definition) is 5. The Morgan fingerprint density at radius 1 is 1.11 bits per heavy atom. The van der Waals surface area contributed by atoms with Crippen molar-refractivity contribution in [3.05, 3.63) is 64.7 Å². The van der Waals surface area contributed by atoms with E-state index in [0.717, 1.165) is 6.26 Å². The third kappa shape index (κ3) is 6.07. The summed E-state index contributed by atoms with van der Waals surface area (Å²) in [6.45, 7) is 3.47. The third-order valence-corrected chi connectivity index (χ3v) is 5.30. The van der Waals surface area contributed by atoms with Crippen molar-refractivity contribution in [3.63, 3.8) is 0 Å². The fraction of sp³-hybridized carbons (Fsp3) is 0.300. The molecule has 0 fully saturated rings. The van der Waals surface area contributed by atoms with Crippen LogP contribution in [0, 0.1) is 0 Å². The van der Waals surface area contributed by atoms with Crippen LogP contribution in [0.3, 0.4) is 0 Å². The molecule has 2 aromatic rings. The van der Waals surface area contributed by atoms with Gasteiger partial charge in [0.05, 0.1) is 23.5 Å². The van der Waals surface area contributed by atoms with E-state index in [2.05, 4.69) is 5.32 Å². The predicted molar refractivity (Wildman–Crippen MR) is 107 cm³/mol. The third-order valence-electron chi connectivity index (χ3n) is 3.85. The van der Waals surface area contributed by atoms with Crippen LogP contribution in [0.4, 0.5) is 0 Å². The summed E-state index contributed by atoms with van der Waals surface area (Å²) < 4.78 is 28.6. The molecule has 1 amide bonds. The number of sulfone groups is 1. The lowest BCUT2D eigenvalue weighted by molar-refractivity contribution is -0.147. The minimum Gasteiger partial charge on any atom is -0.463 e. The summed E-state index contributed by atoms with van der Waals surface area (Å²) in [5.41, 5.74) is 0.731. The second-order valence-electron chi connectivity index (χ2n) is 6.59. The van der Waals surface area contributed by atoms with Crippen molar-refractivity contribution in [2.24, 2.45) is 0 Å². The Kier molecular flexibility index (Phi) is 7.21. The highest BCUT2D eigenvalue weighted by atomic mass is 35.5. The lowest BCUT2D eigenvalue weighted by Gasteiger charge is -2.20. The summed E-state index contributed by atoms with van der Waals surface area (Å²) in [6, 6.07) is 11.8. The topological polar surface area (TPSA) is 89.5 Å². The highest BCUT2D eigenvalue weighted by molar-refractivity contribution is 7.90. The van der Waals surface area contributed by atoms with Gasteiger partial charge in [-0.15, -0.1) is 0 Å². The summed E-state index contributed by atoms with van der Waals surface area (Å²) in [7, 11) is -3.45. The molecule has 0 aromatic heterocycles. The average Bonchev–Trinajstić information content (AvgIpc) is 2.60. The number of benzene rings is 2. The lowest BCUT2D eigenvalue weighted by Crippen LogP contribution is -2.31. The van der Waals surface area contributed by atoms with Crippen LogP contribution in [0.1, 0.15) is 42.2 Å². The number of hydrogen-bond donors (Lipinski definition) is 1. The van der Waals surface area contributed by atoms with Gasteiger partial charge in [-0.2, -0.15) is 0 Å². The molecule has 28 heavy (non-hydrogen) atoms. The van der Waals surface area contributed by atoms with Crippen LogP contribution in [0.5, 0.6) is 0 Å². The number of ether oxygens (including phenoxy) is 1. The van der Waals surface area contributed by atoms with E-state index in [4.69, 9.17) is 16.3 Å². The van der Waals surface area contributed by atoms with E-state index in [-0.39, 0.29) is 23.0 Å². The summed E-state index contributed by atoms with van der Waals surface area (Å²) in [5, 5.41) is 3.15. The van der Waals surface area contributed by atoms with Crippen LogP contribution >= 0.6 is 11.6 Å². The van der Waals surface area contributed by atoms with Crippen molar-refractivity contribution in [2.45, 2.75) is 37.3 Å². The van der Waals surface area contributed by atoms with Gasteiger partial charge in [-0.25, -0.2) is 8.42 Å². The van der Waals surface area contributed by atoms with Gasteiger partial charge in [0, 0.05) is 16.8 Å². The molecule has 1 atom stereocenters. The predicted octanol–water partition coefficient (Wildman–Crippen LogP) is 3.56. The van der Waals surface area contributed by atoms with Crippen molar-refractivity contribution in [3.8, 4) is 0 Å². The van der Waals surface area contributed by atoms with Gasteiger partial charge in [0.15, 0.2) is 9.84 Å². The molecule has 0 aliphatic rings. The zero-order chi connectivity index (χ0) is 20.9. The molecule has 8 heteroatoms. The zero-order valence-electron chi connectivity index (χ0n) is 15.8. The number of rotatable bonds is 7. The average molecular weight is 424 g/mol. The minimum atomic E-state index is -3.45. The smallest absolute Gasteiger partial charge is 0.308 e. The lowest BCUT2D eigenvalue weighted by atomic mass is 10.0. The fourth-order valence-corrected chi connectivity index (χ4v) is 3.52. The quantitative estimate of drug-likeness (QED) is 0.688. The second kappa shape index (κ2) is 9.21. The first-order valence-electron chi connectivity index (χ1n) is 8.63. The van der Waals surface area contributed by atoms with Crippen molar-refractivity contribution in [2.75, 3.05) is 6.26 Å². The first kappa shape index (κ1) is 21.9. The highest BCUT2D eigenvalue weighted by Gasteiger charge is 2.23. The van der Waals surface area contributed by atoms with Crippen LogP contribution in [0.15, 0.2) is 53.4 Å². The van der Waals surface area contributed by atoms with E-state index >= 15 is 0 Å². The van der Waals surface area contributed by atoms with Crippen molar-refractivity contribution >= 4 is 33.3 Å². The molecule has 150 valence electrons. The van der Waals surface area contributed by atoms with Crippen LogP contribution in [-0.2, 0) is 19.4 Å². The minimum absolute atomic E-state index is 0.0358. The maximum absolute atomic E-state index is 12.7. The summed E-state index contributed by atoms with van der Waals surface area (Å²) in [4.78, 5) is 24.9. The van der Waals surface area contributed by atoms with Crippen molar-refractivity contribution in [1.82, 2.24) is 5.32 Å². The van der Waals surface area contributed by atoms with Crippen LogP contribution in [0.25, 0.3) is 0 Å². The summed E-state index contributed by atoms with van der Waals surface area (Å²) >= 11 is 6.24. The number of amides is 1. The molecule has 0 radical (unpaired) electrons. The van der Waals surface area contributed by atoms with Gasteiger partial charge in [0.1, 0.15) is 0 Å². The molecule has 0 saturated heterocycles. The van der Waals surface area contributed by atoms with Crippen LogP contribution in [0.2, 0.25) is 5.02 Å². The number of carbonyl (C=O) groups is 2. The monoisotopic (exact) mass is 423 g/mol. The Morgan fingerprint density at radius 3 is 2.39 bits per heavy atom. The Bertz CT molecular complexity index is 972. The van der Waals surface area contributed by atoms with E-state index in [0.29, 0.717) is 10.6 Å². The van der Waals surface area contributed by atoms with Gasteiger partial charge in [0.2, 0.25) is 0 Å². The van der Waals surface area contributed by atoms with E-state index in [1.54, 1.807) is 38.1 Å². The normalized spacial score (nSPS) is 12.5. The van der Waals surface area contributed by atoms with E-state index in [1.165, 1.54) is 24.3 Å². The van der Waals surface area contributed by atoms with Gasteiger partial charge in [0.25, 0.3) is 5.91 Å². The van der Waals surface area contributed by atoms with Crippen molar-refractivity contribution in [1.29, 1.82) is 0 Å². The number of halogens is 1. The van der Waals surface area contributed by atoms with Gasteiger partial charge in [-0.1, -0.05) is 35.9 Å². The van der Waals surface area contributed by atoms with Crippen LogP contribution < -0.4 is 5.32 Å². The molecule has 0 heterocycles. The molecule has 6 nitrogen and oxygen atoms in total. The Hall–Kier alpha value is -2.38. The van der Waals surface area contributed by atoms with Gasteiger partial charge >= 0.3 is 5.97 Å². The number of esters is 1. The maximum Gasteiger partial charge on any atom is 0.308 e. The largest absolute Gasteiger partial charge is 0.463 e. The number of nitrogens with one attached hydrogen (secondary N) is 1. The second-order valence-corrected chi connectivity index (χ2v) is 9.01. The molecule has 0 aliphatic heterocycles. The van der Waals surface area contributed by atoms with Gasteiger partial charge in [-0.3, -0.25) is 9.59 Å². The first-order valence-corrected chi connectivity index (χ1v) is 10.9. The highest BCUT2D eigenvalue weighted by Crippen LogP contribution is 2.26. The first-order chi connectivity index (χ1) is 13.1. The molecule has 0 aliphatic carbocycles. The van der Waals surface area contributed by atoms with E-state index < -0.39 is 27.8 Å². The molecule has 2 rings (SSSR count). The van der Waals surface area contributed by atoms with Gasteiger partial charge < -0.3 is 10.1 Å².